The number of aromatic nitrogens is 2. The summed E-state index contributed by atoms with van der Waals surface area (Å²) in [4.78, 5) is 33.4. The molecule has 0 atom stereocenters. The number of halogens is 1. The van der Waals surface area contributed by atoms with Gasteiger partial charge in [0.25, 0.3) is 5.56 Å². The number of rotatable bonds is 7. The number of aryl methyl sites for hydroxylation is 2. The van der Waals surface area contributed by atoms with Crippen molar-refractivity contribution in [2.24, 2.45) is 0 Å². The number of thioether (sulfide) groups is 1. The van der Waals surface area contributed by atoms with Crippen molar-refractivity contribution >= 4 is 50.7 Å². The molecule has 0 amide bonds. The minimum absolute atomic E-state index is 0.0336. The summed E-state index contributed by atoms with van der Waals surface area (Å²) in [5.74, 6) is 0.870. The molecule has 0 bridgehead atoms. The minimum Gasteiger partial charge on any atom is -0.494 e. The molecule has 0 spiro atoms. The van der Waals surface area contributed by atoms with Crippen LogP contribution < -0.4 is 10.3 Å². The normalized spacial score (nSPS) is 12.8. The lowest BCUT2D eigenvalue weighted by Crippen LogP contribution is -2.22. The number of carbonyl (C=O) groups is 1. The fourth-order valence-electron chi connectivity index (χ4n) is 4.06. The van der Waals surface area contributed by atoms with Gasteiger partial charge in [-0.05, 0) is 80.3 Å². The first-order chi connectivity index (χ1) is 16.0. The average Bonchev–Trinajstić information content (AvgIpc) is 3.40. The molecule has 5 rings (SSSR count). The van der Waals surface area contributed by atoms with E-state index in [1.807, 2.05) is 19.1 Å². The molecule has 2 aromatic heterocycles. The number of hydrogen-bond donors (Lipinski definition) is 0. The molecule has 33 heavy (non-hydrogen) atoms. The highest BCUT2D eigenvalue weighted by atomic mass is 35.5. The summed E-state index contributed by atoms with van der Waals surface area (Å²) >= 11 is 8.95. The van der Waals surface area contributed by atoms with E-state index in [1.165, 1.54) is 16.6 Å². The van der Waals surface area contributed by atoms with Crippen LogP contribution in [0.15, 0.2) is 58.5 Å². The van der Waals surface area contributed by atoms with Gasteiger partial charge in [-0.3, -0.25) is 14.2 Å². The number of hydrogen-bond acceptors (Lipinski definition) is 6. The summed E-state index contributed by atoms with van der Waals surface area (Å²) in [6, 6.07) is 14.2. The van der Waals surface area contributed by atoms with Gasteiger partial charge in [-0.25, -0.2) is 4.98 Å². The molecule has 1 aliphatic carbocycles. The molecule has 0 N–H and O–H groups in total. The first kappa shape index (κ1) is 22.2. The third-order valence-electron chi connectivity index (χ3n) is 5.61. The highest BCUT2D eigenvalue weighted by Crippen LogP contribution is 2.36. The van der Waals surface area contributed by atoms with Gasteiger partial charge in [0.1, 0.15) is 10.6 Å². The van der Waals surface area contributed by atoms with Crippen molar-refractivity contribution in [1.29, 1.82) is 0 Å². The minimum atomic E-state index is -0.0854. The summed E-state index contributed by atoms with van der Waals surface area (Å²) in [7, 11) is 0. The molecule has 0 unspecified atom stereocenters. The third-order valence-corrected chi connectivity index (χ3v) is 7.99. The zero-order valence-electron chi connectivity index (χ0n) is 18.0. The predicted molar refractivity (Wildman–Crippen MR) is 135 cm³/mol. The first-order valence-electron chi connectivity index (χ1n) is 10.8. The molecule has 5 nitrogen and oxygen atoms in total. The number of fused-ring (bicyclic) bond motifs is 3. The van der Waals surface area contributed by atoms with Crippen LogP contribution in [0.2, 0.25) is 5.02 Å². The van der Waals surface area contributed by atoms with E-state index in [2.05, 4.69) is 0 Å². The number of carbonyl (C=O) groups excluding carboxylic acids is 1. The van der Waals surface area contributed by atoms with Crippen LogP contribution in [-0.2, 0) is 12.8 Å². The summed E-state index contributed by atoms with van der Waals surface area (Å²) in [6.07, 6.45) is 2.98. The van der Waals surface area contributed by atoms with Gasteiger partial charge in [-0.2, -0.15) is 0 Å². The van der Waals surface area contributed by atoms with Crippen molar-refractivity contribution in [2.75, 3.05) is 12.4 Å². The van der Waals surface area contributed by atoms with Crippen molar-refractivity contribution in [3.05, 3.63) is 79.9 Å². The lowest BCUT2D eigenvalue weighted by atomic mass is 10.1. The van der Waals surface area contributed by atoms with E-state index in [-0.39, 0.29) is 17.1 Å². The largest absolute Gasteiger partial charge is 0.494 e. The molecular formula is C25H21ClN2O3S2. The second-order valence-electron chi connectivity index (χ2n) is 7.72. The maximum atomic E-state index is 13.7. The molecule has 168 valence electrons. The molecular weight excluding hydrogens is 476 g/mol. The van der Waals surface area contributed by atoms with E-state index in [0.717, 1.165) is 35.4 Å². The van der Waals surface area contributed by atoms with Crippen LogP contribution in [0.1, 0.15) is 34.1 Å². The van der Waals surface area contributed by atoms with E-state index in [1.54, 1.807) is 52.3 Å². The van der Waals surface area contributed by atoms with Crippen LogP contribution in [0, 0.1) is 0 Å². The van der Waals surface area contributed by atoms with Crippen molar-refractivity contribution in [1.82, 2.24) is 9.55 Å². The van der Waals surface area contributed by atoms with Crippen LogP contribution >= 0.6 is 34.7 Å². The SMILES string of the molecule is CCOc1ccc(C(=O)CSc2nc3sc4c(c3c(=O)n2-c2ccc(Cl)cc2)CCC4)cc1. The molecule has 0 saturated heterocycles. The quantitative estimate of drug-likeness (QED) is 0.179. The number of Topliss-reactive ketones (excluding diaryl/α,β-unsaturated/α-hetero) is 1. The zero-order chi connectivity index (χ0) is 22.9. The second-order valence-corrected chi connectivity index (χ2v) is 10.2. The molecule has 2 aromatic carbocycles. The van der Waals surface area contributed by atoms with Gasteiger partial charge in [0.05, 0.1) is 23.4 Å². The monoisotopic (exact) mass is 496 g/mol. The van der Waals surface area contributed by atoms with Gasteiger partial charge in [0.15, 0.2) is 10.9 Å². The molecule has 1 aliphatic rings. The van der Waals surface area contributed by atoms with E-state index >= 15 is 0 Å². The van der Waals surface area contributed by atoms with Gasteiger partial charge in [0, 0.05) is 15.5 Å². The van der Waals surface area contributed by atoms with Crippen LogP contribution in [0.25, 0.3) is 15.9 Å². The first-order valence-corrected chi connectivity index (χ1v) is 12.9. The van der Waals surface area contributed by atoms with Crippen LogP contribution in [-0.4, -0.2) is 27.7 Å². The number of thiophene rings is 1. The highest BCUT2D eigenvalue weighted by Gasteiger charge is 2.24. The maximum absolute atomic E-state index is 13.7. The van der Waals surface area contributed by atoms with E-state index in [9.17, 15) is 9.59 Å². The molecule has 0 saturated carbocycles. The van der Waals surface area contributed by atoms with Crippen LogP contribution in [0.4, 0.5) is 0 Å². The van der Waals surface area contributed by atoms with Crippen molar-refractivity contribution < 1.29 is 9.53 Å². The molecule has 0 aliphatic heterocycles. The van der Waals surface area contributed by atoms with Crippen LogP contribution in [0.3, 0.4) is 0 Å². The predicted octanol–water partition coefficient (Wildman–Crippen LogP) is 5.96. The highest BCUT2D eigenvalue weighted by molar-refractivity contribution is 7.99. The Balaban J connectivity index is 1.51. The Kier molecular flexibility index (Phi) is 6.27. The number of benzene rings is 2. The maximum Gasteiger partial charge on any atom is 0.267 e. The Hall–Kier alpha value is -2.61. The molecule has 0 radical (unpaired) electrons. The lowest BCUT2D eigenvalue weighted by molar-refractivity contribution is 0.102. The van der Waals surface area contributed by atoms with E-state index < -0.39 is 0 Å². The topological polar surface area (TPSA) is 61.2 Å². The lowest BCUT2D eigenvalue weighted by Gasteiger charge is -2.12. The Morgan fingerprint density at radius 2 is 1.91 bits per heavy atom. The fraction of sp³-hybridized carbons (Fsp3) is 0.240. The fourth-order valence-corrected chi connectivity index (χ4v) is 6.39. The molecule has 4 aromatic rings. The number of ketones is 1. The van der Waals surface area contributed by atoms with Crippen LogP contribution in [0.5, 0.6) is 5.75 Å². The van der Waals surface area contributed by atoms with Gasteiger partial charge in [-0.1, -0.05) is 23.4 Å². The van der Waals surface area contributed by atoms with Gasteiger partial charge in [0.2, 0.25) is 0 Å². The van der Waals surface area contributed by atoms with Crippen molar-refractivity contribution in [2.45, 2.75) is 31.3 Å². The summed E-state index contributed by atoms with van der Waals surface area (Å²) in [5.41, 5.74) is 2.34. The van der Waals surface area contributed by atoms with Crippen molar-refractivity contribution in [3.63, 3.8) is 0 Å². The van der Waals surface area contributed by atoms with Gasteiger partial charge in [-0.15, -0.1) is 11.3 Å². The van der Waals surface area contributed by atoms with E-state index in [4.69, 9.17) is 21.3 Å². The van der Waals surface area contributed by atoms with Gasteiger partial charge < -0.3 is 4.74 Å². The smallest absolute Gasteiger partial charge is 0.267 e. The summed E-state index contributed by atoms with van der Waals surface area (Å²) < 4.78 is 7.06. The Labute approximate surface area is 204 Å². The zero-order valence-corrected chi connectivity index (χ0v) is 20.4. The Morgan fingerprint density at radius 3 is 2.64 bits per heavy atom. The Bertz CT molecular complexity index is 1390. The molecule has 2 heterocycles. The van der Waals surface area contributed by atoms with E-state index in [0.29, 0.717) is 33.4 Å². The third kappa shape index (κ3) is 4.33. The Morgan fingerprint density at radius 1 is 1.15 bits per heavy atom. The molecule has 0 fully saturated rings. The second kappa shape index (κ2) is 9.33. The van der Waals surface area contributed by atoms with Crippen molar-refractivity contribution in [3.8, 4) is 11.4 Å². The van der Waals surface area contributed by atoms with Gasteiger partial charge >= 0.3 is 0 Å². The standard InChI is InChI=1S/C25H21ClN2O3S2/c1-2-31-18-12-6-15(7-13-18)20(29)14-32-25-27-23-22(19-4-3-5-21(19)33-23)24(30)28(25)17-10-8-16(26)9-11-17/h6-13H,2-5,14H2,1H3. The summed E-state index contributed by atoms with van der Waals surface area (Å²) in [6.45, 7) is 2.49. The number of nitrogens with zero attached hydrogens (tertiary/aromatic N) is 2. The average molecular weight is 497 g/mol. The summed E-state index contributed by atoms with van der Waals surface area (Å²) in [5, 5.41) is 1.82. The molecule has 8 heteroatoms. The number of ether oxygens (including phenoxy) is 1.